The molecule has 0 radical (unpaired) electrons. The lowest BCUT2D eigenvalue weighted by Crippen LogP contribution is -2.52. The summed E-state index contributed by atoms with van der Waals surface area (Å²) in [6.07, 6.45) is 15.2. The Bertz CT molecular complexity index is 1000. The van der Waals surface area contributed by atoms with E-state index in [0.29, 0.717) is 23.7 Å². The largest absolute Gasteiger partial charge is 0.475 e. The van der Waals surface area contributed by atoms with Gasteiger partial charge in [-0.05, 0) is 62.8 Å². The highest BCUT2D eigenvalue weighted by molar-refractivity contribution is 6.42. The minimum atomic E-state index is -1.37. The number of carbonyl (C=O) groups excluding carboxylic acids is 1. The summed E-state index contributed by atoms with van der Waals surface area (Å²) in [4.78, 5) is 26.6. The van der Waals surface area contributed by atoms with Gasteiger partial charge in [-0.25, -0.2) is 4.79 Å². The average Bonchev–Trinajstić information content (AvgIpc) is 3.28. The number of aromatic nitrogens is 1. The molecule has 0 amide bonds. The van der Waals surface area contributed by atoms with E-state index < -0.39 is 11.8 Å². The molecule has 31 heavy (non-hydrogen) atoms. The number of nitrogens with zero attached hydrogens (tertiary/aromatic N) is 2. The van der Waals surface area contributed by atoms with Crippen molar-refractivity contribution in [1.29, 1.82) is 0 Å². The normalized spacial score (nSPS) is 35.4. The van der Waals surface area contributed by atoms with Gasteiger partial charge in [-0.2, -0.15) is 0 Å². The van der Waals surface area contributed by atoms with Crippen LogP contribution < -0.4 is 0 Å². The fourth-order valence-electron chi connectivity index (χ4n) is 7.75. The lowest BCUT2D eigenvalue weighted by Gasteiger charge is -2.49. The maximum Gasteiger partial charge on any atom is 0.377 e. The maximum absolute atomic E-state index is 12.3. The minimum absolute atomic E-state index is 0.331. The first-order valence-corrected chi connectivity index (χ1v) is 12.2. The van der Waals surface area contributed by atoms with E-state index in [1.54, 1.807) is 0 Å². The molecule has 1 aromatic heterocycles. The van der Waals surface area contributed by atoms with Gasteiger partial charge in [0, 0.05) is 41.3 Å². The molecule has 164 valence electrons. The zero-order valence-corrected chi connectivity index (χ0v) is 18.1. The Labute approximate surface area is 183 Å². The molecule has 6 rings (SSSR count). The summed E-state index contributed by atoms with van der Waals surface area (Å²) in [6, 6.07) is 10.2. The lowest BCUT2D eigenvalue weighted by molar-refractivity contribution is -0.131. The van der Waals surface area contributed by atoms with E-state index >= 15 is 0 Å². The van der Waals surface area contributed by atoms with Crippen LogP contribution in [0.1, 0.15) is 80.6 Å². The van der Waals surface area contributed by atoms with Crippen LogP contribution in [0.5, 0.6) is 0 Å². The molecule has 2 aliphatic carbocycles. The molecular weight excluding hydrogens is 388 g/mol. The molecule has 2 saturated heterocycles. The van der Waals surface area contributed by atoms with Gasteiger partial charge < -0.3 is 9.67 Å². The zero-order chi connectivity index (χ0) is 21.1. The number of piperidine rings is 1. The maximum atomic E-state index is 12.3. The second-order valence-corrected chi connectivity index (χ2v) is 10.6. The van der Waals surface area contributed by atoms with E-state index in [-0.39, 0.29) is 0 Å². The number of para-hydroxylation sites is 1. The summed E-state index contributed by atoms with van der Waals surface area (Å²) in [5.74, 6) is -0.273. The Kier molecular flexibility index (Phi) is 4.71. The first kappa shape index (κ1) is 19.5. The fourth-order valence-corrected chi connectivity index (χ4v) is 7.75. The molecule has 4 aliphatic rings. The first-order chi connectivity index (χ1) is 15.1. The molecule has 3 heterocycles. The molecule has 5 nitrogen and oxygen atoms in total. The third kappa shape index (κ3) is 3.24. The number of benzene rings is 1. The van der Waals surface area contributed by atoms with E-state index in [4.69, 9.17) is 0 Å². The topological polar surface area (TPSA) is 62.5 Å². The van der Waals surface area contributed by atoms with Crippen LogP contribution in [0.15, 0.2) is 30.5 Å². The van der Waals surface area contributed by atoms with E-state index in [2.05, 4.69) is 9.47 Å². The molecular formula is C26H32N2O3. The molecule has 4 bridgehead atoms. The monoisotopic (exact) mass is 420 g/mol. The number of aliphatic carboxylic acids is 1. The molecule has 2 saturated carbocycles. The summed E-state index contributed by atoms with van der Waals surface area (Å²) in [5, 5.41) is 10.1. The molecule has 6 atom stereocenters. The SMILES string of the molecule is O=C(O)C(=O)c1cn(C2CC3CC[C@H](C2)N3C2CC3CCC[C@H](C3)C2)c2ccccc12. The second kappa shape index (κ2) is 7.47. The van der Waals surface area contributed by atoms with Gasteiger partial charge in [0.2, 0.25) is 0 Å². The van der Waals surface area contributed by atoms with Crippen molar-refractivity contribution >= 4 is 22.7 Å². The molecule has 2 aliphatic heterocycles. The Hall–Kier alpha value is -2.14. The number of fused-ring (bicyclic) bond motifs is 5. The van der Waals surface area contributed by atoms with E-state index in [1.807, 2.05) is 30.5 Å². The van der Waals surface area contributed by atoms with Gasteiger partial charge in [-0.15, -0.1) is 0 Å². The van der Waals surface area contributed by atoms with Crippen LogP contribution >= 0.6 is 0 Å². The highest BCUT2D eigenvalue weighted by atomic mass is 16.4. The van der Waals surface area contributed by atoms with Gasteiger partial charge >= 0.3 is 5.97 Å². The summed E-state index contributed by atoms with van der Waals surface area (Å²) in [5.41, 5.74) is 1.33. The molecule has 5 heteroatoms. The highest BCUT2D eigenvalue weighted by Crippen LogP contribution is 2.48. The van der Waals surface area contributed by atoms with Gasteiger partial charge in [-0.3, -0.25) is 9.69 Å². The molecule has 4 fully saturated rings. The quantitative estimate of drug-likeness (QED) is 0.556. The van der Waals surface area contributed by atoms with Gasteiger partial charge in [0.05, 0.1) is 5.56 Å². The Morgan fingerprint density at radius 2 is 1.48 bits per heavy atom. The molecule has 1 aromatic carbocycles. The summed E-state index contributed by atoms with van der Waals surface area (Å²) < 4.78 is 2.23. The van der Waals surface area contributed by atoms with Gasteiger partial charge in [0.15, 0.2) is 0 Å². The number of rotatable bonds is 4. The summed E-state index contributed by atoms with van der Waals surface area (Å²) in [7, 11) is 0. The number of carbonyl (C=O) groups is 2. The van der Waals surface area contributed by atoms with Crippen molar-refractivity contribution in [3.05, 3.63) is 36.0 Å². The molecule has 2 aromatic rings. The van der Waals surface area contributed by atoms with Crippen molar-refractivity contribution < 1.29 is 14.7 Å². The Balaban J connectivity index is 1.28. The van der Waals surface area contributed by atoms with Crippen LogP contribution in [0.4, 0.5) is 0 Å². The van der Waals surface area contributed by atoms with E-state index in [9.17, 15) is 14.7 Å². The standard InChI is InChI=1S/C26H32N2O3/c29-25(26(30)31)23-15-27(24-7-2-1-6-22(23)24)20-13-18-8-9-19(14-20)28(18)21-11-16-4-3-5-17(10-16)12-21/h1-2,6-7,15-21H,3-5,8-14H2,(H,30,31)/t16-,17?,18-,19?,20?,21?/m1/s1. The molecule has 0 spiro atoms. The first-order valence-electron chi connectivity index (χ1n) is 12.2. The smallest absolute Gasteiger partial charge is 0.377 e. The fraction of sp³-hybridized carbons (Fsp3) is 0.615. The van der Waals surface area contributed by atoms with Crippen LogP contribution in [-0.2, 0) is 4.79 Å². The van der Waals surface area contributed by atoms with Gasteiger partial charge in [0.25, 0.3) is 5.78 Å². The minimum Gasteiger partial charge on any atom is -0.475 e. The number of hydrogen-bond donors (Lipinski definition) is 1. The number of carboxylic acid groups (broad SMARTS) is 1. The lowest BCUT2D eigenvalue weighted by atomic mass is 9.69. The molecule has 1 N–H and O–H groups in total. The van der Waals surface area contributed by atoms with Crippen molar-refractivity contribution in [2.75, 3.05) is 0 Å². The van der Waals surface area contributed by atoms with Crippen LogP contribution in [-0.4, -0.2) is 44.5 Å². The van der Waals surface area contributed by atoms with Crippen LogP contribution in [0.25, 0.3) is 10.9 Å². The van der Waals surface area contributed by atoms with Crippen molar-refractivity contribution in [2.45, 2.75) is 88.4 Å². The van der Waals surface area contributed by atoms with Crippen LogP contribution in [0.3, 0.4) is 0 Å². The third-order valence-corrected chi connectivity index (χ3v) is 8.86. The summed E-state index contributed by atoms with van der Waals surface area (Å²) in [6.45, 7) is 0. The number of Topliss-reactive ketones (excluding diaryl/α,β-unsaturated/α-hetero) is 1. The third-order valence-electron chi connectivity index (χ3n) is 8.86. The van der Waals surface area contributed by atoms with Crippen molar-refractivity contribution in [2.24, 2.45) is 11.8 Å². The predicted molar refractivity (Wildman–Crippen MR) is 119 cm³/mol. The predicted octanol–water partition coefficient (Wildman–Crippen LogP) is 5.05. The van der Waals surface area contributed by atoms with Crippen LogP contribution in [0, 0.1) is 11.8 Å². The van der Waals surface area contributed by atoms with Gasteiger partial charge in [-0.1, -0.05) is 37.5 Å². The molecule has 4 unspecified atom stereocenters. The van der Waals surface area contributed by atoms with Crippen molar-refractivity contribution in [3.8, 4) is 0 Å². The number of hydrogen-bond acceptors (Lipinski definition) is 3. The number of ketones is 1. The highest BCUT2D eigenvalue weighted by Gasteiger charge is 2.47. The average molecular weight is 421 g/mol. The van der Waals surface area contributed by atoms with E-state index in [0.717, 1.165) is 41.6 Å². The Morgan fingerprint density at radius 1 is 0.806 bits per heavy atom. The Morgan fingerprint density at radius 3 is 2.16 bits per heavy atom. The summed E-state index contributed by atoms with van der Waals surface area (Å²) >= 11 is 0. The second-order valence-electron chi connectivity index (χ2n) is 10.6. The van der Waals surface area contributed by atoms with E-state index in [1.165, 1.54) is 51.4 Å². The van der Waals surface area contributed by atoms with Crippen LogP contribution in [0.2, 0.25) is 0 Å². The van der Waals surface area contributed by atoms with Crippen molar-refractivity contribution in [1.82, 2.24) is 9.47 Å². The zero-order valence-electron chi connectivity index (χ0n) is 18.1. The van der Waals surface area contributed by atoms with Crippen molar-refractivity contribution in [3.63, 3.8) is 0 Å². The number of carboxylic acids is 1. The van der Waals surface area contributed by atoms with Gasteiger partial charge in [0.1, 0.15) is 0 Å².